The Balaban J connectivity index is 2.37. The molecule has 0 radical (unpaired) electrons. The number of rotatable bonds is 2. The van der Waals surface area contributed by atoms with Crippen LogP contribution in [0.5, 0.6) is 0 Å². The predicted molar refractivity (Wildman–Crippen MR) is 67.2 cm³/mol. The molecular formula is C12H10BrFOS. The van der Waals surface area contributed by atoms with Crippen LogP contribution in [0.1, 0.15) is 22.1 Å². The van der Waals surface area contributed by atoms with Gasteiger partial charge >= 0.3 is 0 Å². The summed E-state index contributed by atoms with van der Waals surface area (Å²) in [5.74, 6) is -0.315. The number of hydrogen-bond donors (Lipinski definition) is 1. The van der Waals surface area contributed by atoms with E-state index in [0.717, 1.165) is 10.4 Å². The lowest BCUT2D eigenvalue weighted by atomic mass is 10.0. The zero-order valence-corrected chi connectivity index (χ0v) is 11.0. The zero-order valence-electron chi connectivity index (χ0n) is 8.58. The third-order valence-corrected chi connectivity index (χ3v) is 3.89. The molecule has 2 rings (SSSR count). The van der Waals surface area contributed by atoms with Gasteiger partial charge in [-0.2, -0.15) is 0 Å². The van der Waals surface area contributed by atoms with Crippen LogP contribution in [-0.2, 0) is 0 Å². The number of aliphatic hydroxyl groups is 1. The van der Waals surface area contributed by atoms with E-state index in [0.29, 0.717) is 10.0 Å². The molecule has 2 aromatic rings. The predicted octanol–water partition coefficient (Wildman–Crippen LogP) is 4.04. The average molecular weight is 301 g/mol. The van der Waals surface area contributed by atoms with Crippen molar-refractivity contribution in [2.45, 2.75) is 13.0 Å². The highest BCUT2D eigenvalue weighted by Crippen LogP contribution is 2.31. The van der Waals surface area contributed by atoms with Gasteiger partial charge in [-0.05, 0) is 41.6 Å². The minimum Gasteiger partial charge on any atom is -0.384 e. The van der Waals surface area contributed by atoms with E-state index in [1.54, 1.807) is 17.4 Å². The summed E-state index contributed by atoms with van der Waals surface area (Å²) in [5.41, 5.74) is 1.52. The van der Waals surface area contributed by atoms with Crippen molar-refractivity contribution < 1.29 is 9.50 Å². The van der Waals surface area contributed by atoms with E-state index in [4.69, 9.17) is 0 Å². The number of aliphatic hydroxyl groups excluding tert-OH is 1. The Kier molecular flexibility index (Phi) is 3.42. The Bertz CT molecular complexity index is 509. The lowest BCUT2D eigenvalue weighted by Crippen LogP contribution is -1.99. The number of hydrogen-bond acceptors (Lipinski definition) is 2. The fourth-order valence-electron chi connectivity index (χ4n) is 1.51. The normalized spacial score (nSPS) is 12.8. The lowest BCUT2D eigenvalue weighted by Gasteiger charge is -2.11. The summed E-state index contributed by atoms with van der Waals surface area (Å²) in [6, 6.07) is 6.24. The van der Waals surface area contributed by atoms with Crippen LogP contribution in [0.2, 0.25) is 0 Å². The summed E-state index contributed by atoms with van der Waals surface area (Å²) < 4.78 is 13.5. The number of benzene rings is 1. The van der Waals surface area contributed by atoms with Gasteiger partial charge in [0, 0.05) is 9.35 Å². The number of aryl methyl sites for hydroxylation is 1. The minimum atomic E-state index is -0.708. The van der Waals surface area contributed by atoms with Gasteiger partial charge in [0.1, 0.15) is 11.9 Å². The van der Waals surface area contributed by atoms with Crippen molar-refractivity contribution >= 4 is 27.3 Å². The summed E-state index contributed by atoms with van der Waals surface area (Å²) >= 11 is 4.84. The van der Waals surface area contributed by atoms with Gasteiger partial charge in [0.15, 0.2) is 0 Å². The van der Waals surface area contributed by atoms with E-state index in [9.17, 15) is 9.50 Å². The van der Waals surface area contributed by atoms with Gasteiger partial charge in [0.25, 0.3) is 0 Å². The van der Waals surface area contributed by atoms with Crippen LogP contribution in [0.15, 0.2) is 34.1 Å². The fourth-order valence-corrected chi connectivity index (χ4v) is 2.80. The molecule has 84 valence electrons. The minimum absolute atomic E-state index is 0.315. The molecule has 0 spiro atoms. The Morgan fingerprint density at radius 3 is 2.69 bits per heavy atom. The summed E-state index contributed by atoms with van der Waals surface area (Å²) in [6.07, 6.45) is -0.708. The molecule has 0 aliphatic rings. The van der Waals surface area contributed by atoms with Gasteiger partial charge < -0.3 is 5.11 Å². The molecule has 0 aliphatic heterocycles. The summed E-state index contributed by atoms with van der Waals surface area (Å²) in [7, 11) is 0. The maximum absolute atomic E-state index is 12.9. The first-order valence-corrected chi connectivity index (χ1v) is 6.43. The molecule has 1 aromatic heterocycles. The molecule has 1 aromatic carbocycles. The van der Waals surface area contributed by atoms with E-state index in [1.807, 2.05) is 18.4 Å². The van der Waals surface area contributed by atoms with Crippen LogP contribution in [0.3, 0.4) is 0 Å². The highest BCUT2D eigenvalue weighted by molar-refractivity contribution is 9.10. The van der Waals surface area contributed by atoms with E-state index >= 15 is 0 Å². The standard InChI is InChI=1S/C12H10BrFOS/c1-7-4-8(6-16-7)12(15)10-3-2-9(14)5-11(10)13/h2-6,12,15H,1H3. The molecule has 4 heteroatoms. The van der Waals surface area contributed by atoms with Gasteiger partial charge in [-0.25, -0.2) is 4.39 Å². The van der Waals surface area contributed by atoms with Gasteiger partial charge in [-0.1, -0.05) is 22.0 Å². The van der Waals surface area contributed by atoms with Crippen molar-refractivity contribution in [3.63, 3.8) is 0 Å². The van der Waals surface area contributed by atoms with Gasteiger partial charge in [-0.3, -0.25) is 0 Å². The second kappa shape index (κ2) is 4.65. The Labute approximate surface area is 106 Å². The molecule has 16 heavy (non-hydrogen) atoms. The third-order valence-electron chi connectivity index (χ3n) is 2.32. The first-order valence-electron chi connectivity index (χ1n) is 4.76. The topological polar surface area (TPSA) is 20.2 Å². The Morgan fingerprint density at radius 2 is 2.12 bits per heavy atom. The molecule has 0 saturated carbocycles. The van der Waals surface area contributed by atoms with Crippen LogP contribution in [-0.4, -0.2) is 5.11 Å². The first-order chi connectivity index (χ1) is 7.58. The van der Waals surface area contributed by atoms with Crippen LogP contribution in [0.25, 0.3) is 0 Å². The smallest absolute Gasteiger partial charge is 0.124 e. The summed E-state index contributed by atoms with van der Waals surface area (Å²) in [5, 5.41) is 12.0. The fraction of sp³-hybridized carbons (Fsp3) is 0.167. The largest absolute Gasteiger partial charge is 0.384 e. The van der Waals surface area contributed by atoms with Gasteiger partial charge in [0.2, 0.25) is 0 Å². The van der Waals surface area contributed by atoms with Crippen molar-refractivity contribution in [3.05, 3.63) is 55.9 Å². The quantitative estimate of drug-likeness (QED) is 0.887. The maximum Gasteiger partial charge on any atom is 0.124 e. The van der Waals surface area contributed by atoms with E-state index < -0.39 is 6.10 Å². The Morgan fingerprint density at radius 1 is 1.38 bits per heavy atom. The van der Waals surface area contributed by atoms with Crippen molar-refractivity contribution in [2.75, 3.05) is 0 Å². The highest BCUT2D eigenvalue weighted by atomic mass is 79.9. The molecular weight excluding hydrogens is 291 g/mol. The first kappa shape index (κ1) is 11.8. The highest BCUT2D eigenvalue weighted by Gasteiger charge is 2.15. The zero-order chi connectivity index (χ0) is 11.7. The van der Waals surface area contributed by atoms with Crippen molar-refractivity contribution in [1.29, 1.82) is 0 Å². The monoisotopic (exact) mass is 300 g/mol. The summed E-state index contributed by atoms with van der Waals surface area (Å²) in [6.45, 7) is 1.99. The van der Waals surface area contributed by atoms with E-state index in [2.05, 4.69) is 15.9 Å². The number of thiophene rings is 1. The molecule has 0 aliphatic carbocycles. The Hall–Kier alpha value is -0.710. The number of halogens is 2. The molecule has 1 unspecified atom stereocenters. The molecule has 0 fully saturated rings. The molecule has 0 bridgehead atoms. The van der Waals surface area contributed by atoms with Crippen molar-refractivity contribution in [2.24, 2.45) is 0 Å². The van der Waals surface area contributed by atoms with Gasteiger partial charge in [-0.15, -0.1) is 11.3 Å². The second-order valence-corrected chi connectivity index (χ2v) is 5.53. The maximum atomic E-state index is 12.9. The summed E-state index contributed by atoms with van der Waals surface area (Å²) in [4.78, 5) is 1.15. The van der Waals surface area contributed by atoms with Crippen LogP contribution in [0, 0.1) is 12.7 Å². The second-order valence-electron chi connectivity index (χ2n) is 3.56. The molecule has 1 N–H and O–H groups in total. The molecule has 0 amide bonds. The van der Waals surface area contributed by atoms with Gasteiger partial charge in [0.05, 0.1) is 0 Å². The van der Waals surface area contributed by atoms with Crippen molar-refractivity contribution in [3.8, 4) is 0 Å². The van der Waals surface area contributed by atoms with E-state index in [1.165, 1.54) is 12.1 Å². The average Bonchev–Trinajstić information content (AvgIpc) is 2.64. The molecule has 1 atom stereocenters. The lowest BCUT2D eigenvalue weighted by molar-refractivity contribution is 0.220. The molecule has 1 nitrogen and oxygen atoms in total. The molecule has 1 heterocycles. The van der Waals surface area contributed by atoms with Crippen molar-refractivity contribution in [1.82, 2.24) is 0 Å². The SMILES string of the molecule is Cc1cc(C(O)c2ccc(F)cc2Br)cs1. The van der Waals surface area contributed by atoms with Crippen LogP contribution >= 0.6 is 27.3 Å². The molecule has 0 saturated heterocycles. The van der Waals surface area contributed by atoms with E-state index in [-0.39, 0.29) is 5.82 Å². The van der Waals surface area contributed by atoms with Crippen LogP contribution in [0.4, 0.5) is 4.39 Å². The third kappa shape index (κ3) is 2.34. The van der Waals surface area contributed by atoms with Crippen LogP contribution < -0.4 is 0 Å².